The number of ether oxygens (including phenoxy) is 1. The molecule has 0 radical (unpaired) electrons. The number of aliphatic hydroxyl groups is 1. The molecule has 4 amide bonds. The van der Waals surface area contributed by atoms with Crippen LogP contribution in [0.3, 0.4) is 0 Å². The number of alkyl carbamates (subject to hydrolysis) is 1. The maximum Gasteiger partial charge on any atom is 0.408 e. The summed E-state index contributed by atoms with van der Waals surface area (Å²) in [6, 6.07) is -2.80. The first kappa shape index (κ1) is 32.6. The van der Waals surface area contributed by atoms with E-state index in [1.54, 1.807) is 34.6 Å². The molecule has 6 atom stereocenters. The van der Waals surface area contributed by atoms with E-state index in [0.29, 0.717) is 13.0 Å². The standard InChI is InChI=1S/C30H48N4O7/c1-16(2)13-18(35)11-12-20(33-28(40)41-29(3,4)5)27(39)34-15-19-22(30(19,6)7)23(34)26(38)32-21(24(36)25(31)37)14-17-9-8-10-17/h13,17,19-24,36H,8-12,14-15H2,1-7H3,(H2,31,37)(H,32,38)(H,33,40)/t19?,20-,21?,22?,23-,24?/m0/s1. The number of rotatable bonds is 12. The van der Waals surface area contributed by atoms with Gasteiger partial charge in [0.25, 0.3) is 0 Å². The number of hydrogen-bond acceptors (Lipinski definition) is 7. The number of hydrogen-bond donors (Lipinski definition) is 4. The first-order valence-electron chi connectivity index (χ1n) is 14.7. The summed E-state index contributed by atoms with van der Waals surface area (Å²) in [4.78, 5) is 66.1. The third kappa shape index (κ3) is 8.08. The van der Waals surface area contributed by atoms with Crippen molar-refractivity contribution < 1.29 is 33.8 Å². The number of allylic oxidation sites excluding steroid dienone is 2. The first-order chi connectivity index (χ1) is 18.9. The predicted molar refractivity (Wildman–Crippen MR) is 152 cm³/mol. The monoisotopic (exact) mass is 576 g/mol. The van der Waals surface area contributed by atoms with Gasteiger partial charge in [0.15, 0.2) is 11.9 Å². The van der Waals surface area contributed by atoms with Crippen LogP contribution in [0.4, 0.5) is 4.79 Å². The van der Waals surface area contributed by atoms with E-state index >= 15 is 0 Å². The maximum absolute atomic E-state index is 14.0. The molecule has 11 heteroatoms. The predicted octanol–water partition coefficient (Wildman–Crippen LogP) is 2.20. The minimum absolute atomic E-state index is 0.0225. The van der Waals surface area contributed by atoms with Gasteiger partial charge in [0.1, 0.15) is 17.7 Å². The van der Waals surface area contributed by atoms with Crippen LogP contribution >= 0.6 is 0 Å². The molecule has 1 heterocycles. The van der Waals surface area contributed by atoms with Crippen molar-refractivity contribution in [3.05, 3.63) is 11.6 Å². The molecule has 0 bridgehead atoms. The van der Waals surface area contributed by atoms with Crippen LogP contribution in [0.15, 0.2) is 11.6 Å². The zero-order valence-electron chi connectivity index (χ0n) is 25.5. The van der Waals surface area contributed by atoms with Crippen LogP contribution in [0.25, 0.3) is 0 Å². The second kappa shape index (κ2) is 12.5. The summed E-state index contributed by atoms with van der Waals surface area (Å²) < 4.78 is 5.38. The van der Waals surface area contributed by atoms with Gasteiger partial charge in [-0.2, -0.15) is 0 Å². The molecule has 11 nitrogen and oxygen atoms in total. The highest BCUT2D eigenvalue weighted by molar-refractivity contribution is 5.94. The topological polar surface area (TPSA) is 168 Å². The molecular formula is C30H48N4O7. The van der Waals surface area contributed by atoms with Gasteiger partial charge in [-0.05, 0) is 76.7 Å². The van der Waals surface area contributed by atoms with Crippen LogP contribution in [-0.2, 0) is 23.9 Å². The number of nitrogens with one attached hydrogen (secondary N) is 2. The minimum atomic E-state index is -1.55. The van der Waals surface area contributed by atoms with Gasteiger partial charge in [0.05, 0.1) is 6.04 Å². The Morgan fingerprint density at radius 1 is 1.12 bits per heavy atom. The summed E-state index contributed by atoms with van der Waals surface area (Å²) in [5, 5.41) is 16.0. The van der Waals surface area contributed by atoms with Crippen LogP contribution in [0, 0.1) is 23.2 Å². The van der Waals surface area contributed by atoms with Crippen molar-refractivity contribution in [3.8, 4) is 0 Å². The van der Waals surface area contributed by atoms with Gasteiger partial charge < -0.3 is 31.1 Å². The Hall–Kier alpha value is -2.95. The smallest absolute Gasteiger partial charge is 0.408 e. The lowest BCUT2D eigenvalue weighted by Gasteiger charge is -2.36. The van der Waals surface area contributed by atoms with E-state index in [-0.39, 0.29) is 41.8 Å². The van der Waals surface area contributed by atoms with Gasteiger partial charge in [-0.3, -0.25) is 19.2 Å². The lowest BCUT2D eigenvalue weighted by atomic mass is 9.79. The molecule has 3 rings (SSSR count). The molecule has 0 spiro atoms. The van der Waals surface area contributed by atoms with Crippen molar-refractivity contribution in [2.24, 2.45) is 28.9 Å². The number of aliphatic hydroxyl groups excluding tert-OH is 1. The highest BCUT2D eigenvalue weighted by Crippen LogP contribution is 2.65. The number of ketones is 1. The minimum Gasteiger partial charge on any atom is -0.444 e. The molecule has 1 aliphatic heterocycles. The van der Waals surface area contributed by atoms with Gasteiger partial charge in [-0.15, -0.1) is 0 Å². The van der Waals surface area contributed by atoms with Gasteiger partial charge in [0, 0.05) is 13.0 Å². The molecule has 0 aromatic carbocycles. The maximum atomic E-state index is 14.0. The molecule has 2 aliphatic carbocycles. The van der Waals surface area contributed by atoms with E-state index in [4.69, 9.17) is 10.5 Å². The SMILES string of the molecule is CC(C)=CC(=O)CC[C@H](NC(=O)OC(C)(C)C)C(=O)N1CC2C([C@H]1C(=O)NC(CC1CCC1)C(O)C(N)=O)C2(C)C. The van der Waals surface area contributed by atoms with Crippen LogP contribution in [0.5, 0.6) is 0 Å². The van der Waals surface area contributed by atoms with Gasteiger partial charge in [-0.1, -0.05) is 38.7 Å². The summed E-state index contributed by atoms with van der Waals surface area (Å²) in [5.41, 5.74) is 5.23. The molecule has 41 heavy (non-hydrogen) atoms. The number of nitrogens with two attached hydrogens (primary N) is 1. The normalized spacial score (nSPS) is 25.1. The molecule has 3 fully saturated rings. The summed E-state index contributed by atoms with van der Waals surface area (Å²) in [7, 11) is 0. The average Bonchev–Trinajstić information content (AvgIpc) is 3.13. The van der Waals surface area contributed by atoms with Crippen molar-refractivity contribution in [1.29, 1.82) is 0 Å². The van der Waals surface area contributed by atoms with Crippen molar-refractivity contribution in [2.45, 2.75) is 117 Å². The Morgan fingerprint density at radius 2 is 1.76 bits per heavy atom. The lowest BCUT2D eigenvalue weighted by Crippen LogP contribution is -2.59. The summed E-state index contributed by atoms with van der Waals surface area (Å²) >= 11 is 0. The van der Waals surface area contributed by atoms with Crippen molar-refractivity contribution in [2.75, 3.05) is 6.54 Å². The second-order valence-electron chi connectivity index (χ2n) is 13.8. The van der Waals surface area contributed by atoms with Crippen LogP contribution in [0.1, 0.15) is 87.0 Å². The number of primary amides is 1. The summed E-state index contributed by atoms with van der Waals surface area (Å²) in [5.74, 6) is -1.80. The number of likely N-dealkylation sites (tertiary alicyclic amines) is 1. The fourth-order valence-corrected chi connectivity index (χ4v) is 6.22. The van der Waals surface area contributed by atoms with E-state index in [9.17, 15) is 29.1 Å². The lowest BCUT2D eigenvalue weighted by molar-refractivity contribution is -0.143. The van der Waals surface area contributed by atoms with Crippen LogP contribution in [-0.4, -0.2) is 76.0 Å². The zero-order valence-corrected chi connectivity index (χ0v) is 25.5. The molecule has 2 saturated carbocycles. The Kier molecular flexibility index (Phi) is 9.93. The quantitative estimate of drug-likeness (QED) is 0.258. The Morgan fingerprint density at radius 3 is 2.27 bits per heavy atom. The van der Waals surface area contributed by atoms with E-state index in [1.165, 1.54) is 11.0 Å². The van der Waals surface area contributed by atoms with Gasteiger partial charge in [-0.25, -0.2) is 4.79 Å². The molecule has 5 N–H and O–H groups in total. The Balaban J connectivity index is 1.83. The van der Waals surface area contributed by atoms with E-state index in [0.717, 1.165) is 24.8 Å². The average molecular weight is 577 g/mol. The van der Waals surface area contributed by atoms with Crippen molar-refractivity contribution in [3.63, 3.8) is 0 Å². The third-order valence-corrected chi connectivity index (χ3v) is 8.69. The van der Waals surface area contributed by atoms with Crippen LogP contribution in [0.2, 0.25) is 0 Å². The highest BCUT2D eigenvalue weighted by Gasteiger charge is 2.69. The summed E-state index contributed by atoms with van der Waals surface area (Å²) in [6.45, 7) is 13.1. The molecule has 0 aromatic heterocycles. The number of fused-ring (bicyclic) bond motifs is 1. The molecular weight excluding hydrogens is 528 g/mol. The number of nitrogens with zero attached hydrogens (tertiary/aromatic N) is 1. The van der Waals surface area contributed by atoms with Gasteiger partial charge in [0.2, 0.25) is 17.7 Å². The Labute approximate surface area is 243 Å². The number of carbonyl (C=O) groups is 5. The fourth-order valence-electron chi connectivity index (χ4n) is 6.22. The number of amides is 4. The third-order valence-electron chi connectivity index (χ3n) is 8.69. The Bertz CT molecular complexity index is 1070. The molecule has 4 unspecified atom stereocenters. The molecule has 0 aromatic rings. The van der Waals surface area contributed by atoms with Crippen molar-refractivity contribution >= 4 is 29.6 Å². The van der Waals surface area contributed by atoms with E-state index < -0.39 is 53.6 Å². The molecule has 3 aliphatic rings. The zero-order chi connectivity index (χ0) is 30.9. The number of piperidine rings is 1. The van der Waals surface area contributed by atoms with Gasteiger partial charge >= 0.3 is 6.09 Å². The molecule has 1 saturated heterocycles. The highest BCUT2D eigenvalue weighted by atomic mass is 16.6. The molecule has 230 valence electrons. The van der Waals surface area contributed by atoms with E-state index in [1.807, 2.05) is 13.8 Å². The van der Waals surface area contributed by atoms with E-state index in [2.05, 4.69) is 10.6 Å². The number of carbonyl (C=O) groups excluding carboxylic acids is 5. The van der Waals surface area contributed by atoms with Crippen LogP contribution < -0.4 is 16.4 Å². The first-order valence-corrected chi connectivity index (χ1v) is 14.7. The largest absolute Gasteiger partial charge is 0.444 e. The summed E-state index contributed by atoms with van der Waals surface area (Å²) in [6.07, 6.45) is 2.60. The fraction of sp³-hybridized carbons (Fsp3) is 0.767. The second-order valence-corrected chi connectivity index (χ2v) is 13.8. The van der Waals surface area contributed by atoms with Crippen molar-refractivity contribution in [1.82, 2.24) is 15.5 Å².